The molecule has 2 N–H and O–H groups in total. The van der Waals surface area contributed by atoms with Crippen LogP contribution in [0.1, 0.15) is 42.7 Å². The number of amides is 1. The molecule has 2 aromatic carbocycles. The number of nitrogens with one attached hydrogen (secondary N) is 2. The second-order valence-corrected chi connectivity index (χ2v) is 9.23. The molecular weight excluding hydrogens is 492 g/mol. The first-order valence-electron chi connectivity index (χ1n) is 10.8. The minimum atomic E-state index is -0.588. The molecule has 11 heteroatoms. The summed E-state index contributed by atoms with van der Waals surface area (Å²) in [7, 11) is 1.77. The van der Waals surface area contributed by atoms with Gasteiger partial charge in [-0.2, -0.15) is 0 Å². The van der Waals surface area contributed by atoms with Crippen molar-refractivity contribution in [2.24, 2.45) is 5.92 Å². The Morgan fingerprint density at radius 3 is 2.63 bits per heavy atom. The largest absolute Gasteiger partial charge is 0.462 e. The fraction of sp³-hybridized carbons (Fsp3) is 0.292. The number of nitro benzene ring substituents is 1. The van der Waals surface area contributed by atoms with E-state index in [4.69, 9.17) is 28.6 Å². The number of esters is 1. The Hall–Kier alpha value is -3.50. The molecule has 0 saturated heterocycles. The summed E-state index contributed by atoms with van der Waals surface area (Å²) in [5, 5.41) is 17.2. The summed E-state index contributed by atoms with van der Waals surface area (Å²) in [6, 6.07) is 9.99. The average molecular weight is 517 g/mol. The fourth-order valence-corrected chi connectivity index (χ4v) is 3.98. The molecule has 1 atom stereocenters. The van der Waals surface area contributed by atoms with Gasteiger partial charge in [0.25, 0.3) is 11.6 Å². The third kappa shape index (κ3) is 5.95. The van der Waals surface area contributed by atoms with Gasteiger partial charge in [-0.1, -0.05) is 37.6 Å². The number of carbonyl (C=O) groups excluding carboxylic acids is 2. The number of halogens is 1. The summed E-state index contributed by atoms with van der Waals surface area (Å²) >= 11 is 11.5. The zero-order chi connectivity index (χ0) is 25.9. The number of nitro groups is 1. The number of benzene rings is 2. The van der Waals surface area contributed by atoms with Crippen LogP contribution in [0.15, 0.2) is 53.7 Å². The highest BCUT2D eigenvalue weighted by Gasteiger charge is 2.33. The van der Waals surface area contributed by atoms with Gasteiger partial charge in [-0.05, 0) is 48.8 Å². The molecular formula is C24H25ClN4O5S. The molecule has 1 unspecified atom stereocenters. The Bertz CT molecular complexity index is 1230. The van der Waals surface area contributed by atoms with Crippen molar-refractivity contribution >= 4 is 52.2 Å². The van der Waals surface area contributed by atoms with Crippen LogP contribution < -0.4 is 10.6 Å². The van der Waals surface area contributed by atoms with Gasteiger partial charge in [0.2, 0.25) is 0 Å². The molecule has 0 spiro atoms. The minimum absolute atomic E-state index is 0.0380. The third-order valence-corrected chi connectivity index (χ3v) is 6.11. The van der Waals surface area contributed by atoms with Gasteiger partial charge in [0.1, 0.15) is 0 Å². The van der Waals surface area contributed by atoms with Gasteiger partial charge < -0.3 is 20.3 Å². The number of hydrogen-bond donors (Lipinski definition) is 2. The molecule has 0 aliphatic carbocycles. The molecule has 0 fully saturated rings. The lowest BCUT2D eigenvalue weighted by molar-refractivity contribution is -0.384. The average Bonchev–Trinajstić information content (AvgIpc) is 2.80. The van der Waals surface area contributed by atoms with E-state index in [0.717, 1.165) is 6.07 Å². The number of ether oxygens (including phenoxy) is 1. The van der Waals surface area contributed by atoms with Crippen LogP contribution in [0, 0.1) is 16.0 Å². The van der Waals surface area contributed by atoms with Crippen LogP contribution >= 0.6 is 23.8 Å². The smallest absolute Gasteiger partial charge is 0.338 e. The van der Waals surface area contributed by atoms with Gasteiger partial charge in [-0.25, -0.2) is 4.79 Å². The first-order valence-corrected chi connectivity index (χ1v) is 11.6. The normalized spacial score (nSPS) is 15.7. The van der Waals surface area contributed by atoms with Crippen molar-refractivity contribution in [2.75, 3.05) is 19.0 Å². The molecule has 1 aliphatic rings. The standard InChI is InChI=1S/C24H25ClN4O5S/c1-13(2)12-34-23(31)20-14(3)28(4)24(35)27-21(20)15-6-5-7-16(10-15)26-22(30)18-9-8-17(29(32)33)11-19(18)25/h5-11,13,21H,12H2,1-4H3,(H,26,30)(H,27,35). The zero-order valence-corrected chi connectivity index (χ0v) is 21.2. The topological polar surface area (TPSA) is 114 Å². The molecule has 1 amide bonds. The van der Waals surface area contributed by atoms with Gasteiger partial charge in [-0.3, -0.25) is 14.9 Å². The van der Waals surface area contributed by atoms with Crippen LogP contribution in [0.5, 0.6) is 0 Å². The summed E-state index contributed by atoms with van der Waals surface area (Å²) in [5.41, 5.74) is 2.10. The van der Waals surface area contributed by atoms with E-state index >= 15 is 0 Å². The molecule has 9 nitrogen and oxygen atoms in total. The summed E-state index contributed by atoms with van der Waals surface area (Å²) in [6.07, 6.45) is 0. The number of nitrogens with zero attached hydrogens (tertiary/aromatic N) is 2. The Kier molecular flexibility index (Phi) is 8.08. The van der Waals surface area contributed by atoms with Crippen LogP contribution in [-0.4, -0.2) is 40.5 Å². The monoisotopic (exact) mass is 516 g/mol. The number of carbonyl (C=O) groups is 2. The van der Waals surface area contributed by atoms with Crippen LogP contribution in [0.25, 0.3) is 0 Å². The highest BCUT2D eigenvalue weighted by Crippen LogP contribution is 2.32. The lowest BCUT2D eigenvalue weighted by Gasteiger charge is -2.35. The molecule has 3 rings (SSSR count). The SMILES string of the molecule is CC1=C(C(=O)OCC(C)C)C(c2cccc(NC(=O)c3ccc([N+](=O)[O-])cc3Cl)c2)NC(=S)N1C. The number of allylic oxidation sites excluding steroid dienone is 1. The minimum Gasteiger partial charge on any atom is -0.462 e. The second kappa shape index (κ2) is 10.8. The molecule has 2 aromatic rings. The molecule has 0 radical (unpaired) electrons. The maximum absolute atomic E-state index is 13.0. The molecule has 184 valence electrons. The van der Waals surface area contributed by atoms with E-state index in [-0.39, 0.29) is 28.8 Å². The van der Waals surface area contributed by atoms with Crippen molar-refractivity contribution < 1.29 is 19.2 Å². The van der Waals surface area contributed by atoms with Gasteiger partial charge in [0.15, 0.2) is 5.11 Å². The number of anilines is 1. The fourth-order valence-electron chi connectivity index (χ4n) is 3.47. The van der Waals surface area contributed by atoms with Crippen molar-refractivity contribution in [3.8, 4) is 0 Å². The number of thiocarbonyl (C=S) groups is 1. The Labute approximate surface area is 213 Å². The van der Waals surface area contributed by atoms with E-state index in [1.54, 1.807) is 37.1 Å². The summed E-state index contributed by atoms with van der Waals surface area (Å²) in [5.74, 6) is -0.800. The van der Waals surface area contributed by atoms with Crippen LogP contribution in [0.2, 0.25) is 5.02 Å². The van der Waals surface area contributed by atoms with E-state index in [9.17, 15) is 19.7 Å². The Balaban J connectivity index is 1.90. The van der Waals surface area contributed by atoms with Crippen LogP contribution in [0.3, 0.4) is 0 Å². The van der Waals surface area contributed by atoms with Gasteiger partial charge in [-0.15, -0.1) is 0 Å². The first-order chi connectivity index (χ1) is 16.5. The van der Waals surface area contributed by atoms with Crippen molar-refractivity contribution in [3.05, 3.63) is 80.0 Å². The molecule has 0 saturated carbocycles. The molecule has 35 heavy (non-hydrogen) atoms. The van der Waals surface area contributed by atoms with E-state index in [1.807, 2.05) is 19.9 Å². The highest BCUT2D eigenvalue weighted by atomic mass is 35.5. The maximum Gasteiger partial charge on any atom is 0.338 e. The quantitative estimate of drug-likeness (QED) is 0.233. The highest BCUT2D eigenvalue weighted by molar-refractivity contribution is 7.80. The lowest BCUT2D eigenvalue weighted by atomic mass is 9.94. The second-order valence-electron chi connectivity index (χ2n) is 8.43. The van der Waals surface area contributed by atoms with Gasteiger partial charge in [0.05, 0.1) is 33.7 Å². The lowest BCUT2D eigenvalue weighted by Crippen LogP contribution is -2.46. The Morgan fingerprint density at radius 1 is 1.29 bits per heavy atom. The molecule has 0 bridgehead atoms. The molecule has 1 heterocycles. The van der Waals surface area contributed by atoms with Crippen molar-refractivity contribution in [3.63, 3.8) is 0 Å². The maximum atomic E-state index is 13.0. The van der Waals surface area contributed by atoms with E-state index < -0.39 is 22.8 Å². The number of rotatable bonds is 7. The van der Waals surface area contributed by atoms with Crippen molar-refractivity contribution in [1.82, 2.24) is 10.2 Å². The summed E-state index contributed by atoms with van der Waals surface area (Å²) in [6.45, 7) is 5.99. The van der Waals surface area contributed by atoms with E-state index in [1.165, 1.54) is 12.1 Å². The number of non-ortho nitro benzene ring substituents is 1. The molecule has 0 aromatic heterocycles. The van der Waals surface area contributed by atoms with E-state index in [2.05, 4.69) is 10.6 Å². The third-order valence-electron chi connectivity index (χ3n) is 5.41. The Morgan fingerprint density at radius 2 is 2.00 bits per heavy atom. The number of hydrogen-bond acceptors (Lipinski definition) is 6. The summed E-state index contributed by atoms with van der Waals surface area (Å²) < 4.78 is 5.50. The summed E-state index contributed by atoms with van der Waals surface area (Å²) in [4.78, 5) is 37.8. The predicted molar refractivity (Wildman–Crippen MR) is 137 cm³/mol. The van der Waals surface area contributed by atoms with Crippen molar-refractivity contribution in [2.45, 2.75) is 26.8 Å². The predicted octanol–water partition coefficient (Wildman–Crippen LogP) is 4.83. The van der Waals surface area contributed by atoms with Gasteiger partial charge in [0, 0.05) is 30.6 Å². The first kappa shape index (κ1) is 26.1. The van der Waals surface area contributed by atoms with Crippen molar-refractivity contribution in [1.29, 1.82) is 0 Å². The van der Waals surface area contributed by atoms with Crippen LogP contribution in [-0.2, 0) is 9.53 Å². The van der Waals surface area contributed by atoms with E-state index in [0.29, 0.717) is 27.6 Å². The van der Waals surface area contributed by atoms with Crippen LogP contribution in [0.4, 0.5) is 11.4 Å². The molecule has 1 aliphatic heterocycles. The zero-order valence-electron chi connectivity index (χ0n) is 19.6. The van der Waals surface area contributed by atoms with Gasteiger partial charge >= 0.3 is 5.97 Å².